The third-order valence-corrected chi connectivity index (χ3v) is 3.47. The summed E-state index contributed by atoms with van der Waals surface area (Å²) >= 11 is 0. The summed E-state index contributed by atoms with van der Waals surface area (Å²) in [5.41, 5.74) is 5.73. The largest absolute Gasteiger partial charge is 0.340 e. The van der Waals surface area contributed by atoms with Gasteiger partial charge in [0.25, 0.3) is 0 Å². The van der Waals surface area contributed by atoms with Crippen LogP contribution in [0.1, 0.15) is 46.5 Å². The molecule has 16 heavy (non-hydrogen) atoms. The lowest BCUT2D eigenvalue weighted by Crippen LogP contribution is -2.36. The number of nitrogens with two attached hydrogens (primary N) is 1. The summed E-state index contributed by atoms with van der Waals surface area (Å²) < 4.78 is 0. The smallest absolute Gasteiger partial charge is 0.223 e. The second-order valence-corrected chi connectivity index (χ2v) is 5.51. The van der Waals surface area contributed by atoms with Crippen molar-refractivity contribution in [1.82, 2.24) is 4.90 Å². The number of rotatable bonds is 5. The quantitative estimate of drug-likeness (QED) is 0.779. The lowest BCUT2D eigenvalue weighted by molar-refractivity contribution is -0.132. The van der Waals surface area contributed by atoms with E-state index in [9.17, 15) is 4.79 Å². The van der Waals surface area contributed by atoms with Crippen molar-refractivity contribution in [2.45, 2.75) is 52.5 Å². The first-order valence-electron chi connectivity index (χ1n) is 6.54. The number of hydrogen-bond donors (Lipinski definition) is 1. The number of likely N-dealkylation sites (tertiary alicyclic amines) is 1. The first-order valence-corrected chi connectivity index (χ1v) is 6.54. The van der Waals surface area contributed by atoms with Crippen molar-refractivity contribution < 1.29 is 4.79 Å². The molecule has 1 saturated heterocycles. The van der Waals surface area contributed by atoms with Crippen LogP contribution in [0.3, 0.4) is 0 Å². The van der Waals surface area contributed by atoms with Crippen LogP contribution in [0.5, 0.6) is 0 Å². The molecule has 0 aromatic heterocycles. The highest BCUT2D eigenvalue weighted by molar-refractivity contribution is 5.77. The van der Waals surface area contributed by atoms with Gasteiger partial charge in [0.15, 0.2) is 0 Å². The van der Waals surface area contributed by atoms with Crippen LogP contribution >= 0.6 is 0 Å². The minimum atomic E-state index is 0.307. The molecule has 1 aliphatic heterocycles. The molecule has 1 rings (SSSR count). The van der Waals surface area contributed by atoms with Gasteiger partial charge in [0.05, 0.1) is 0 Å². The molecule has 0 saturated carbocycles. The highest BCUT2D eigenvalue weighted by Crippen LogP contribution is 2.21. The maximum absolute atomic E-state index is 12.1. The number of carbonyl (C=O) groups excluding carboxylic acids is 1. The van der Waals surface area contributed by atoms with Gasteiger partial charge in [-0.3, -0.25) is 4.79 Å². The zero-order chi connectivity index (χ0) is 12.1. The molecule has 0 spiro atoms. The van der Waals surface area contributed by atoms with E-state index in [0.29, 0.717) is 36.8 Å². The van der Waals surface area contributed by atoms with Gasteiger partial charge in [-0.1, -0.05) is 13.8 Å². The van der Waals surface area contributed by atoms with Crippen LogP contribution in [-0.4, -0.2) is 29.9 Å². The van der Waals surface area contributed by atoms with Gasteiger partial charge in [-0.25, -0.2) is 0 Å². The highest BCUT2D eigenvalue weighted by atomic mass is 16.2. The van der Waals surface area contributed by atoms with Crippen molar-refractivity contribution in [3.63, 3.8) is 0 Å². The van der Waals surface area contributed by atoms with Gasteiger partial charge in [-0.05, 0) is 44.6 Å². The van der Waals surface area contributed by atoms with Crippen LogP contribution in [0.4, 0.5) is 0 Å². The molecule has 1 heterocycles. The second kappa shape index (κ2) is 6.24. The van der Waals surface area contributed by atoms with E-state index in [1.54, 1.807) is 0 Å². The van der Waals surface area contributed by atoms with E-state index in [2.05, 4.69) is 20.8 Å². The summed E-state index contributed by atoms with van der Waals surface area (Å²) in [7, 11) is 0. The van der Waals surface area contributed by atoms with Crippen molar-refractivity contribution in [2.24, 2.45) is 17.6 Å². The summed E-state index contributed by atoms with van der Waals surface area (Å²) in [5.74, 6) is 1.29. The molecule has 1 amide bonds. The highest BCUT2D eigenvalue weighted by Gasteiger charge is 2.26. The zero-order valence-electron chi connectivity index (χ0n) is 10.9. The average Bonchev–Trinajstić information content (AvgIpc) is 2.62. The lowest BCUT2D eigenvalue weighted by Gasteiger charge is -2.24. The van der Waals surface area contributed by atoms with E-state index in [1.807, 2.05) is 4.90 Å². The predicted octanol–water partition coefficient (Wildman–Crippen LogP) is 2.01. The second-order valence-electron chi connectivity index (χ2n) is 5.51. The zero-order valence-corrected chi connectivity index (χ0v) is 10.9. The molecule has 3 nitrogen and oxygen atoms in total. The van der Waals surface area contributed by atoms with Crippen molar-refractivity contribution in [1.29, 1.82) is 0 Å². The molecule has 0 aliphatic carbocycles. The molecule has 94 valence electrons. The van der Waals surface area contributed by atoms with Crippen molar-refractivity contribution in [2.75, 3.05) is 13.1 Å². The van der Waals surface area contributed by atoms with E-state index in [0.717, 1.165) is 25.8 Å². The molecule has 1 aliphatic rings. The molecular weight excluding hydrogens is 200 g/mol. The van der Waals surface area contributed by atoms with Crippen LogP contribution in [0.25, 0.3) is 0 Å². The fourth-order valence-corrected chi connectivity index (χ4v) is 2.60. The molecule has 2 N–H and O–H groups in total. The van der Waals surface area contributed by atoms with E-state index in [-0.39, 0.29) is 0 Å². The number of carbonyl (C=O) groups is 1. The fraction of sp³-hybridized carbons (Fsp3) is 0.923. The van der Waals surface area contributed by atoms with Gasteiger partial charge in [-0.15, -0.1) is 0 Å². The SMILES string of the molecule is CC(C)CC(CN)CC(=O)N1CCCC1C. The van der Waals surface area contributed by atoms with Crippen molar-refractivity contribution in [3.05, 3.63) is 0 Å². The number of hydrogen-bond acceptors (Lipinski definition) is 2. The maximum Gasteiger partial charge on any atom is 0.223 e. The minimum Gasteiger partial charge on any atom is -0.340 e. The molecule has 2 unspecified atom stereocenters. The normalized spacial score (nSPS) is 22.8. The Morgan fingerprint density at radius 1 is 1.50 bits per heavy atom. The van der Waals surface area contributed by atoms with Crippen LogP contribution in [0.15, 0.2) is 0 Å². The third kappa shape index (κ3) is 3.78. The van der Waals surface area contributed by atoms with Gasteiger partial charge in [-0.2, -0.15) is 0 Å². The Balaban J connectivity index is 2.42. The van der Waals surface area contributed by atoms with Crippen molar-refractivity contribution >= 4 is 5.91 Å². The monoisotopic (exact) mass is 226 g/mol. The standard InChI is InChI=1S/C13H26N2O/c1-10(2)7-12(9-14)8-13(16)15-6-4-5-11(15)3/h10-12H,4-9,14H2,1-3H3. The summed E-state index contributed by atoms with van der Waals surface area (Å²) in [5, 5.41) is 0. The molecular formula is C13H26N2O. The Kier molecular flexibility index (Phi) is 5.26. The Morgan fingerprint density at radius 3 is 2.62 bits per heavy atom. The van der Waals surface area contributed by atoms with Gasteiger partial charge < -0.3 is 10.6 Å². The average molecular weight is 226 g/mol. The molecule has 1 fully saturated rings. The Hall–Kier alpha value is -0.570. The van der Waals surface area contributed by atoms with Crippen molar-refractivity contribution in [3.8, 4) is 0 Å². The lowest BCUT2D eigenvalue weighted by atomic mass is 9.93. The first-order chi connectivity index (χ1) is 7.54. The number of amides is 1. The van der Waals surface area contributed by atoms with Gasteiger partial charge in [0, 0.05) is 19.0 Å². The Bertz CT molecular complexity index is 228. The Labute approximate surface area is 99.4 Å². The van der Waals surface area contributed by atoms with Crippen LogP contribution in [0, 0.1) is 11.8 Å². The molecule has 2 atom stereocenters. The van der Waals surface area contributed by atoms with Gasteiger partial charge in [0.2, 0.25) is 5.91 Å². The number of nitrogens with zero attached hydrogens (tertiary/aromatic N) is 1. The van der Waals surface area contributed by atoms with E-state index in [4.69, 9.17) is 5.73 Å². The van der Waals surface area contributed by atoms with Crippen LogP contribution in [-0.2, 0) is 4.79 Å². The molecule has 3 heteroatoms. The van der Waals surface area contributed by atoms with Gasteiger partial charge in [0.1, 0.15) is 0 Å². The van der Waals surface area contributed by atoms with E-state index in [1.165, 1.54) is 0 Å². The summed E-state index contributed by atoms with van der Waals surface area (Å²) in [6, 6.07) is 0.435. The molecule has 0 aromatic carbocycles. The first kappa shape index (κ1) is 13.5. The van der Waals surface area contributed by atoms with Gasteiger partial charge >= 0.3 is 0 Å². The molecule has 0 radical (unpaired) electrons. The predicted molar refractivity (Wildman–Crippen MR) is 67.0 cm³/mol. The van der Waals surface area contributed by atoms with E-state index < -0.39 is 0 Å². The topological polar surface area (TPSA) is 46.3 Å². The summed E-state index contributed by atoms with van der Waals surface area (Å²) in [6.45, 7) is 8.09. The molecule has 0 aromatic rings. The fourth-order valence-electron chi connectivity index (χ4n) is 2.60. The van der Waals surface area contributed by atoms with Crippen LogP contribution < -0.4 is 5.73 Å². The van der Waals surface area contributed by atoms with E-state index >= 15 is 0 Å². The maximum atomic E-state index is 12.1. The summed E-state index contributed by atoms with van der Waals surface area (Å²) in [4.78, 5) is 14.1. The molecule has 0 bridgehead atoms. The third-order valence-electron chi connectivity index (χ3n) is 3.47. The summed E-state index contributed by atoms with van der Waals surface area (Å²) in [6.07, 6.45) is 4.01. The minimum absolute atomic E-state index is 0.307. The Morgan fingerprint density at radius 2 is 2.19 bits per heavy atom. The van der Waals surface area contributed by atoms with Crippen LogP contribution in [0.2, 0.25) is 0 Å².